The number of anilines is 2. The van der Waals surface area contributed by atoms with Crippen LogP contribution in [-0.2, 0) is 5.41 Å². The first-order valence-electron chi connectivity index (χ1n) is 5.99. The Kier molecular flexibility index (Phi) is 3.62. The minimum absolute atomic E-state index is 0.0166. The molecule has 2 rings (SSSR count). The lowest BCUT2D eigenvalue weighted by Crippen LogP contribution is -2.15. The molecule has 1 aromatic heterocycles. The molecule has 0 aliphatic carbocycles. The largest absolute Gasteiger partial charge is 0.339 e. The zero-order chi connectivity index (χ0) is 14.0. The molecule has 0 radical (unpaired) electrons. The van der Waals surface area contributed by atoms with Crippen LogP contribution < -0.4 is 10.9 Å². The van der Waals surface area contributed by atoms with Gasteiger partial charge in [-0.2, -0.15) is 0 Å². The Hall–Kier alpha value is -1.81. The summed E-state index contributed by atoms with van der Waals surface area (Å²) in [6, 6.07) is 7.90. The van der Waals surface area contributed by atoms with Crippen molar-refractivity contribution in [2.75, 3.05) is 5.32 Å². The number of aromatic nitrogens is 2. The maximum atomic E-state index is 11.4. The molecule has 1 aromatic carbocycles. The number of nitrogens with zero attached hydrogens (tertiary/aromatic N) is 1. The van der Waals surface area contributed by atoms with Crippen molar-refractivity contribution in [1.82, 2.24) is 9.97 Å². The summed E-state index contributed by atoms with van der Waals surface area (Å²) in [5, 5.41) is 3.19. The third kappa shape index (κ3) is 2.96. The van der Waals surface area contributed by atoms with Crippen LogP contribution in [0.3, 0.4) is 0 Å². The van der Waals surface area contributed by atoms with Gasteiger partial charge in [0.1, 0.15) is 5.02 Å². The fourth-order valence-electron chi connectivity index (χ4n) is 1.84. The lowest BCUT2D eigenvalue weighted by molar-refractivity contribution is 0.592. The summed E-state index contributed by atoms with van der Waals surface area (Å²) in [4.78, 5) is 17.9. The normalized spacial score (nSPS) is 11.4. The van der Waals surface area contributed by atoms with Crippen LogP contribution in [0.5, 0.6) is 0 Å². The van der Waals surface area contributed by atoms with E-state index in [1.165, 1.54) is 6.33 Å². The highest BCUT2D eigenvalue weighted by Gasteiger charge is 2.18. The van der Waals surface area contributed by atoms with E-state index in [0.29, 0.717) is 5.82 Å². The highest BCUT2D eigenvalue weighted by atomic mass is 35.5. The van der Waals surface area contributed by atoms with E-state index in [2.05, 4.69) is 36.1 Å². The van der Waals surface area contributed by atoms with Gasteiger partial charge in [-0.25, -0.2) is 4.98 Å². The van der Waals surface area contributed by atoms with Crippen molar-refractivity contribution in [1.29, 1.82) is 0 Å². The Bertz CT molecular complexity index is 644. The van der Waals surface area contributed by atoms with Gasteiger partial charge in [-0.1, -0.05) is 50.6 Å². The molecule has 0 saturated carbocycles. The fourth-order valence-corrected chi connectivity index (χ4v) is 1.99. The van der Waals surface area contributed by atoms with Gasteiger partial charge in [0.2, 0.25) is 0 Å². The van der Waals surface area contributed by atoms with Crippen LogP contribution in [0, 0.1) is 0 Å². The molecule has 1 heterocycles. The molecular weight excluding hydrogens is 262 g/mol. The first kappa shape index (κ1) is 13.6. The van der Waals surface area contributed by atoms with Gasteiger partial charge in [-0.3, -0.25) is 4.79 Å². The van der Waals surface area contributed by atoms with E-state index in [9.17, 15) is 4.79 Å². The van der Waals surface area contributed by atoms with Gasteiger partial charge >= 0.3 is 0 Å². The van der Waals surface area contributed by atoms with Crippen LogP contribution in [0.15, 0.2) is 35.4 Å². The van der Waals surface area contributed by atoms with E-state index in [0.717, 1.165) is 11.3 Å². The number of H-pyrrole nitrogens is 1. The molecule has 0 amide bonds. The SMILES string of the molecule is CC(C)(C)c1ccccc1Nc1nc[nH]c(=O)c1Cl. The Labute approximate surface area is 116 Å². The Balaban J connectivity index is 2.45. The van der Waals surface area contributed by atoms with Crippen LogP contribution in [0.1, 0.15) is 26.3 Å². The first-order chi connectivity index (χ1) is 8.89. The summed E-state index contributed by atoms with van der Waals surface area (Å²) in [7, 11) is 0. The zero-order valence-corrected chi connectivity index (χ0v) is 11.9. The molecule has 0 unspecified atom stereocenters. The first-order valence-corrected chi connectivity index (χ1v) is 6.37. The van der Waals surface area contributed by atoms with Gasteiger partial charge in [0.05, 0.1) is 6.33 Å². The predicted molar refractivity (Wildman–Crippen MR) is 78.3 cm³/mol. The van der Waals surface area contributed by atoms with Gasteiger partial charge in [0.25, 0.3) is 5.56 Å². The van der Waals surface area contributed by atoms with Crippen LogP contribution in [-0.4, -0.2) is 9.97 Å². The van der Waals surface area contributed by atoms with Crippen molar-refractivity contribution in [3.05, 3.63) is 51.5 Å². The minimum Gasteiger partial charge on any atom is -0.339 e. The van der Waals surface area contributed by atoms with E-state index >= 15 is 0 Å². The summed E-state index contributed by atoms with van der Waals surface area (Å²) < 4.78 is 0. The second kappa shape index (κ2) is 5.05. The summed E-state index contributed by atoms with van der Waals surface area (Å²) in [5.74, 6) is 0.363. The molecule has 100 valence electrons. The van der Waals surface area contributed by atoms with Crippen molar-refractivity contribution in [3.8, 4) is 0 Å². The molecule has 2 aromatic rings. The Morgan fingerprint density at radius 3 is 2.63 bits per heavy atom. The number of aromatic amines is 1. The molecule has 0 atom stereocenters. The van der Waals surface area contributed by atoms with Gasteiger partial charge in [0, 0.05) is 5.69 Å². The average molecular weight is 278 g/mol. The third-order valence-electron chi connectivity index (χ3n) is 2.78. The molecule has 0 saturated heterocycles. The lowest BCUT2D eigenvalue weighted by Gasteiger charge is -2.23. The smallest absolute Gasteiger partial charge is 0.271 e. The predicted octanol–water partition coefficient (Wildman–Crippen LogP) is 3.46. The Morgan fingerprint density at radius 1 is 1.26 bits per heavy atom. The molecule has 0 spiro atoms. The quantitative estimate of drug-likeness (QED) is 0.884. The van der Waals surface area contributed by atoms with E-state index in [-0.39, 0.29) is 16.0 Å². The molecule has 0 aliphatic rings. The number of hydrogen-bond acceptors (Lipinski definition) is 3. The molecule has 5 heteroatoms. The third-order valence-corrected chi connectivity index (χ3v) is 3.14. The molecule has 0 bridgehead atoms. The summed E-state index contributed by atoms with van der Waals surface area (Å²) in [5.41, 5.74) is 1.66. The summed E-state index contributed by atoms with van der Waals surface area (Å²) in [6.07, 6.45) is 1.33. The molecule has 2 N–H and O–H groups in total. The van der Waals surface area contributed by atoms with Crippen LogP contribution in [0.4, 0.5) is 11.5 Å². The van der Waals surface area contributed by atoms with Crippen LogP contribution in [0.25, 0.3) is 0 Å². The number of rotatable bonds is 2. The number of para-hydroxylation sites is 1. The maximum Gasteiger partial charge on any atom is 0.271 e. The molecule has 19 heavy (non-hydrogen) atoms. The summed E-state index contributed by atoms with van der Waals surface area (Å²) in [6.45, 7) is 6.38. The number of hydrogen-bond donors (Lipinski definition) is 2. The maximum absolute atomic E-state index is 11.4. The topological polar surface area (TPSA) is 57.8 Å². The van der Waals surface area contributed by atoms with Crippen molar-refractivity contribution in [2.45, 2.75) is 26.2 Å². The molecular formula is C14H16ClN3O. The van der Waals surface area contributed by atoms with E-state index < -0.39 is 0 Å². The average Bonchev–Trinajstić information content (AvgIpc) is 2.34. The highest BCUT2D eigenvalue weighted by Crippen LogP contribution is 2.31. The number of benzene rings is 1. The van der Waals surface area contributed by atoms with E-state index in [4.69, 9.17) is 11.6 Å². The van der Waals surface area contributed by atoms with Gasteiger partial charge in [0.15, 0.2) is 5.82 Å². The summed E-state index contributed by atoms with van der Waals surface area (Å²) >= 11 is 5.94. The fraction of sp³-hybridized carbons (Fsp3) is 0.286. The number of nitrogens with one attached hydrogen (secondary N) is 2. The van der Waals surface area contributed by atoms with Gasteiger partial charge < -0.3 is 10.3 Å². The number of halogens is 1. The lowest BCUT2D eigenvalue weighted by atomic mass is 9.86. The minimum atomic E-state index is -0.354. The molecule has 0 aliphatic heterocycles. The van der Waals surface area contributed by atoms with Crippen molar-refractivity contribution < 1.29 is 0 Å². The standard InChI is InChI=1S/C14H16ClN3O/c1-14(2,3)9-6-4-5-7-10(9)18-12-11(15)13(19)17-8-16-12/h4-8H,1-3H3,(H2,16,17,18,19). The van der Waals surface area contributed by atoms with Crippen LogP contribution >= 0.6 is 11.6 Å². The zero-order valence-electron chi connectivity index (χ0n) is 11.1. The second-order valence-electron chi connectivity index (χ2n) is 5.31. The molecule has 0 fully saturated rings. The van der Waals surface area contributed by atoms with E-state index in [1.807, 2.05) is 24.3 Å². The molecule has 4 nitrogen and oxygen atoms in total. The van der Waals surface area contributed by atoms with E-state index in [1.54, 1.807) is 0 Å². The van der Waals surface area contributed by atoms with Gasteiger partial charge in [-0.15, -0.1) is 0 Å². The second-order valence-corrected chi connectivity index (χ2v) is 5.69. The van der Waals surface area contributed by atoms with Crippen molar-refractivity contribution >= 4 is 23.1 Å². The van der Waals surface area contributed by atoms with Crippen molar-refractivity contribution in [3.63, 3.8) is 0 Å². The van der Waals surface area contributed by atoms with Crippen molar-refractivity contribution in [2.24, 2.45) is 0 Å². The highest BCUT2D eigenvalue weighted by molar-refractivity contribution is 6.32. The van der Waals surface area contributed by atoms with Gasteiger partial charge in [-0.05, 0) is 17.0 Å². The monoisotopic (exact) mass is 277 g/mol. The Morgan fingerprint density at radius 2 is 1.95 bits per heavy atom. The van der Waals surface area contributed by atoms with Crippen LogP contribution in [0.2, 0.25) is 5.02 Å².